The van der Waals surface area contributed by atoms with Crippen molar-refractivity contribution in [1.29, 1.82) is 0 Å². The minimum absolute atomic E-state index is 0.0522. The number of amides is 2. The molecule has 0 saturated carbocycles. The molecule has 0 bridgehead atoms. The highest BCUT2D eigenvalue weighted by Crippen LogP contribution is 2.21. The molecule has 1 aliphatic heterocycles. The maximum atomic E-state index is 12.2. The Kier molecular flexibility index (Phi) is 4.46. The molecule has 108 valence electrons. The maximum Gasteiger partial charge on any atom is 0.246 e. The SMILES string of the molecule is C=CC(=O)N(C)CC(=O)N1CCn2nc(C)c(I)c2C1. The summed E-state index contributed by atoms with van der Waals surface area (Å²) in [5, 5.41) is 4.44. The molecule has 20 heavy (non-hydrogen) atoms. The normalized spacial score (nSPS) is 13.8. The number of nitrogens with zero attached hydrogens (tertiary/aromatic N) is 4. The first-order chi connectivity index (χ1) is 9.43. The summed E-state index contributed by atoms with van der Waals surface area (Å²) < 4.78 is 3.06. The van der Waals surface area contributed by atoms with E-state index in [1.165, 1.54) is 11.0 Å². The Labute approximate surface area is 131 Å². The standard InChI is InChI=1S/C13H17IN4O2/c1-4-11(19)16(3)8-12(20)17-5-6-18-10(7-17)13(14)9(2)15-18/h4H,1,5-8H2,2-3H3. The van der Waals surface area contributed by atoms with Crippen molar-refractivity contribution in [1.82, 2.24) is 19.6 Å². The van der Waals surface area contributed by atoms with Gasteiger partial charge in [-0.1, -0.05) is 6.58 Å². The number of fused-ring (bicyclic) bond motifs is 1. The predicted octanol–water partition coefficient (Wildman–Crippen LogP) is 0.783. The summed E-state index contributed by atoms with van der Waals surface area (Å²) in [6.07, 6.45) is 1.21. The number of aryl methyl sites for hydroxylation is 1. The van der Waals surface area contributed by atoms with Gasteiger partial charge in [0.25, 0.3) is 0 Å². The fraction of sp³-hybridized carbons (Fsp3) is 0.462. The second-order valence-corrected chi connectivity index (χ2v) is 5.86. The number of halogens is 1. The third kappa shape index (κ3) is 2.87. The van der Waals surface area contributed by atoms with Gasteiger partial charge in [-0.15, -0.1) is 0 Å². The van der Waals surface area contributed by atoms with Crippen molar-refractivity contribution >= 4 is 34.4 Å². The van der Waals surface area contributed by atoms with Crippen LogP contribution in [0.1, 0.15) is 11.4 Å². The average Bonchev–Trinajstić information content (AvgIpc) is 2.72. The van der Waals surface area contributed by atoms with E-state index in [9.17, 15) is 9.59 Å². The van der Waals surface area contributed by atoms with Crippen LogP contribution in [0.15, 0.2) is 12.7 Å². The smallest absolute Gasteiger partial charge is 0.246 e. The Bertz CT molecular complexity index is 567. The van der Waals surface area contributed by atoms with Crippen LogP contribution in [0.5, 0.6) is 0 Å². The molecule has 1 aromatic rings. The zero-order valence-electron chi connectivity index (χ0n) is 11.6. The topological polar surface area (TPSA) is 58.4 Å². The fourth-order valence-corrected chi connectivity index (χ4v) is 2.73. The van der Waals surface area contributed by atoms with Crippen molar-refractivity contribution in [3.05, 3.63) is 27.6 Å². The van der Waals surface area contributed by atoms with Crippen LogP contribution in [0.2, 0.25) is 0 Å². The largest absolute Gasteiger partial charge is 0.333 e. The summed E-state index contributed by atoms with van der Waals surface area (Å²) in [4.78, 5) is 26.8. The molecule has 1 aliphatic rings. The minimum Gasteiger partial charge on any atom is -0.333 e. The van der Waals surface area contributed by atoms with Crippen LogP contribution in [0, 0.1) is 10.5 Å². The van der Waals surface area contributed by atoms with E-state index in [2.05, 4.69) is 34.3 Å². The van der Waals surface area contributed by atoms with E-state index in [0.29, 0.717) is 19.6 Å². The van der Waals surface area contributed by atoms with Crippen molar-refractivity contribution < 1.29 is 9.59 Å². The summed E-state index contributed by atoms with van der Waals surface area (Å²) in [5.41, 5.74) is 2.06. The third-order valence-electron chi connectivity index (χ3n) is 3.35. The zero-order valence-corrected chi connectivity index (χ0v) is 13.8. The van der Waals surface area contributed by atoms with Gasteiger partial charge >= 0.3 is 0 Å². The molecule has 0 saturated heterocycles. The van der Waals surface area contributed by atoms with Crippen molar-refractivity contribution in [2.45, 2.75) is 20.0 Å². The highest BCUT2D eigenvalue weighted by atomic mass is 127. The summed E-state index contributed by atoms with van der Waals surface area (Å²) in [6, 6.07) is 0. The number of likely N-dealkylation sites (N-methyl/N-ethyl adjacent to an activating group) is 1. The molecule has 0 spiro atoms. The van der Waals surface area contributed by atoms with E-state index in [4.69, 9.17) is 0 Å². The Morgan fingerprint density at radius 1 is 1.50 bits per heavy atom. The highest BCUT2D eigenvalue weighted by molar-refractivity contribution is 14.1. The van der Waals surface area contributed by atoms with Gasteiger partial charge in [0, 0.05) is 13.6 Å². The van der Waals surface area contributed by atoms with Crippen LogP contribution in [-0.4, -0.2) is 51.5 Å². The molecule has 1 aromatic heterocycles. The van der Waals surface area contributed by atoms with Gasteiger partial charge in [0.2, 0.25) is 11.8 Å². The van der Waals surface area contributed by atoms with Gasteiger partial charge in [0.1, 0.15) is 0 Å². The predicted molar refractivity (Wildman–Crippen MR) is 82.9 cm³/mol. The Morgan fingerprint density at radius 2 is 2.20 bits per heavy atom. The second-order valence-electron chi connectivity index (χ2n) is 4.78. The minimum atomic E-state index is -0.245. The van der Waals surface area contributed by atoms with Crippen molar-refractivity contribution in [2.75, 3.05) is 20.1 Å². The second kappa shape index (κ2) is 5.94. The van der Waals surface area contributed by atoms with Crippen LogP contribution >= 0.6 is 22.6 Å². The van der Waals surface area contributed by atoms with Crippen molar-refractivity contribution in [2.24, 2.45) is 0 Å². The van der Waals surface area contributed by atoms with Crippen LogP contribution in [0.4, 0.5) is 0 Å². The molecule has 7 heteroatoms. The van der Waals surface area contributed by atoms with Gasteiger partial charge in [0.15, 0.2) is 0 Å². The van der Waals surface area contributed by atoms with E-state index in [1.807, 2.05) is 11.6 Å². The van der Waals surface area contributed by atoms with Gasteiger partial charge in [-0.05, 0) is 35.6 Å². The summed E-state index contributed by atoms with van der Waals surface area (Å²) in [6.45, 7) is 7.34. The molecule has 0 atom stereocenters. The lowest BCUT2D eigenvalue weighted by atomic mass is 10.2. The van der Waals surface area contributed by atoms with Crippen LogP contribution in [0.3, 0.4) is 0 Å². The number of carbonyl (C=O) groups is 2. The summed E-state index contributed by atoms with van der Waals surface area (Å²) in [7, 11) is 1.60. The van der Waals surface area contributed by atoms with Crippen LogP contribution in [-0.2, 0) is 22.7 Å². The average molecular weight is 388 g/mol. The van der Waals surface area contributed by atoms with Crippen molar-refractivity contribution in [3.8, 4) is 0 Å². The molecule has 2 amide bonds. The lowest BCUT2D eigenvalue weighted by molar-refractivity contribution is -0.138. The Hall–Kier alpha value is -1.38. The van der Waals surface area contributed by atoms with E-state index < -0.39 is 0 Å². The molecular weight excluding hydrogens is 371 g/mol. The zero-order chi connectivity index (χ0) is 14.9. The monoisotopic (exact) mass is 388 g/mol. The maximum absolute atomic E-state index is 12.2. The van der Waals surface area contributed by atoms with Gasteiger partial charge in [-0.3, -0.25) is 14.3 Å². The van der Waals surface area contributed by atoms with E-state index in [0.717, 1.165) is 15.0 Å². The third-order valence-corrected chi connectivity index (χ3v) is 4.75. The van der Waals surface area contributed by atoms with Gasteiger partial charge in [-0.2, -0.15) is 5.10 Å². The lowest BCUT2D eigenvalue weighted by Gasteiger charge is -2.29. The van der Waals surface area contributed by atoms with Gasteiger partial charge in [0.05, 0.1) is 34.6 Å². The van der Waals surface area contributed by atoms with Crippen LogP contribution < -0.4 is 0 Å². The first-order valence-electron chi connectivity index (χ1n) is 6.31. The molecule has 0 fully saturated rings. The highest BCUT2D eigenvalue weighted by Gasteiger charge is 2.25. The Morgan fingerprint density at radius 3 is 2.85 bits per heavy atom. The molecule has 0 radical (unpaired) electrons. The summed E-state index contributed by atoms with van der Waals surface area (Å²) >= 11 is 2.26. The van der Waals surface area contributed by atoms with Gasteiger partial charge in [-0.25, -0.2) is 0 Å². The molecule has 0 N–H and O–H groups in total. The van der Waals surface area contributed by atoms with E-state index in [1.54, 1.807) is 11.9 Å². The first-order valence-corrected chi connectivity index (χ1v) is 7.39. The number of carbonyl (C=O) groups excluding carboxylic acids is 2. The summed E-state index contributed by atoms with van der Waals surface area (Å²) in [5.74, 6) is -0.297. The molecule has 0 aromatic carbocycles. The number of aromatic nitrogens is 2. The van der Waals surface area contributed by atoms with Crippen molar-refractivity contribution in [3.63, 3.8) is 0 Å². The molecule has 0 aliphatic carbocycles. The number of hydrogen-bond acceptors (Lipinski definition) is 3. The molecular formula is C13H17IN4O2. The van der Waals surface area contributed by atoms with E-state index in [-0.39, 0.29) is 18.4 Å². The molecule has 0 unspecified atom stereocenters. The number of rotatable bonds is 3. The fourth-order valence-electron chi connectivity index (χ4n) is 2.17. The lowest BCUT2D eigenvalue weighted by Crippen LogP contribution is -2.44. The Balaban J connectivity index is 2.05. The molecule has 2 rings (SSSR count). The van der Waals surface area contributed by atoms with Gasteiger partial charge < -0.3 is 9.80 Å². The van der Waals surface area contributed by atoms with E-state index >= 15 is 0 Å². The van der Waals surface area contributed by atoms with Crippen LogP contribution in [0.25, 0.3) is 0 Å². The number of hydrogen-bond donors (Lipinski definition) is 0. The first kappa shape index (κ1) is 15.0. The molecule has 6 nitrogen and oxygen atoms in total. The quantitative estimate of drug-likeness (QED) is 0.568. The molecule has 2 heterocycles.